The van der Waals surface area contributed by atoms with Gasteiger partial charge in [-0.15, -0.1) is 0 Å². The van der Waals surface area contributed by atoms with E-state index in [0.29, 0.717) is 5.92 Å². The van der Waals surface area contributed by atoms with Crippen molar-refractivity contribution in [3.63, 3.8) is 0 Å². The van der Waals surface area contributed by atoms with Crippen LogP contribution in [0.3, 0.4) is 0 Å². The summed E-state index contributed by atoms with van der Waals surface area (Å²) in [5.41, 5.74) is 0. The number of rotatable bonds is 1. The summed E-state index contributed by atoms with van der Waals surface area (Å²) in [6, 6.07) is 0. The second-order valence-corrected chi connectivity index (χ2v) is 2.15. The van der Waals surface area contributed by atoms with Gasteiger partial charge >= 0.3 is 0 Å². The van der Waals surface area contributed by atoms with Crippen molar-refractivity contribution in [1.29, 1.82) is 0 Å². The minimum atomic E-state index is 0.708. The topological polar surface area (TPSA) is 9.23 Å². The average molecular weight is 112 g/mol. The number of hydrogen-bond donors (Lipinski definition) is 0. The van der Waals surface area contributed by atoms with Crippen LogP contribution >= 0.6 is 0 Å². The largest absolute Gasteiger partial charge is 0.381 e. The first-order valence-electron chi connectivity index (χ1n) is 3.14. The third kappa shape index (κ3) is 1.34. The molecule has 1 unspecified atom stereocenters. The van der Waals surface area contributed by atoms with Crippen molar-refractivity contribution in [3.8, 4) is 0 Å². The van der Waals surface area contributed by atoms with Crippen LogP contribution in [-0.4, -0.2) is 13.2 Å². The highest BCUT2D eigenvalue weighted by molar-refractivity contribution is 4.87. The Hall–Kier alpha value is -0.300. The molecule has 1 atom stereocenters. The van der Waals surface area contributed by atoms with Crippen LogP contribution in [0.4, 0.5) is 0 Å². The Morgan fingerprint density at radius 2 is 2.50 bits per heavy atom. The fraction of sp³-hybridized carbons (Fsp3) is 0.714. The van der Waals surface area contributed by atoms with Gasteiger partial charge in [0.2, 0.25) is 0 Å². The van der Waals surface area contributed by atoms with Crippen LogP contribution < -0.4 is 0 Å². The molecule has 0 aromatic heterocycles. The molecule has 0 saturated carbocycles. The van der Waals surface area contributed by atoms with Gasteiger partial charge in [-0.25, -0.2) is 0 Å². The second kappa shape index (κ2) is 2.88. The van der Waals surface area contributed by atoms with Crippen molar-refractivity contribution in [2.75, 3.05) is 13.2 Å². The standard InChI is InChI=1S/C7H12O/c1-2-3-7-4-5-8-6-7/h2-3,7H,4-6H2,1H3/b3-2+. The Balaban J connectivity index is 2.24. The smallest absolute Gasteiger partial charge is 0.0529 e. The molecule has 1 aliphatic rings. The lowest BCUT2D eigenvalue weighted by Gasteiger charge is -1.94. The molecule has 0 bridgehead atoms. The van der Waals surface area contributed by atoms with Gasteiger partial charge in [0, 0.05) is 12.5 Å². The van der Waals surface area contributed by atoms with E-state index in [2.05, 4.69) is 19.1 Å². The molecule has 0 N–H and O–H groups in total. The molecule has 0 spiro atoms. The van der Waals surface area contributed by atoms with E-state index in [1.54, 1.807) is 0 Å². The lowest BCUT2D eigenvalue weighted by molar-refractivity contribution is 0.191. The molecule has 1 fully saturated rings. The zero-order valence-corrected chi connectivity index (χ0v) is 5.26. The third-order valence-corrected chi connectivity index (χ3v) is 1.43. The number of allylic oxidation sites excluding steroid dienone is 1. The van der Waals surface area contributed by atoms with Crippen LogP contribution in [0.25, 0.3) is 0 Å². The van der Waals surface area contributed by atoms with Crippen molar-refractivity contribution in [2.45, 2.75) is 13.3 Å². The first kappa shape index (κ1) is 5.83. The lowest BCUT2D eigenvalue weighted by Crippen LogP contribution is -1.91. The van der Waals surface area contributed by atoms with Crippen LogP contribution in [0.5, 0.6) is 0 Å². The van der Waals surface area contributed by atoms with Crippen molar-refractivity contribution in [2.24, 2.45) is 5.92 Å². The van der Waals surface area contributed by atoms with Crippen LogP contribution in [0, 0.1) is 5.92 Å². The van der Waals surface area contributed by atoms with Crippen LogP contribution in [0.2, 0.25) is 0 Å². The molecule has 46 valence electrons. The number of ether oxygens (including phenoxy) is 1. The minimum Gasteiger partial charge on any atom is -0.381 e. The van der Waals surface area contributed by atoms with Crippen molar-refractivity contribution in [3.05, 3.63) is 12.2 Å². The molecule has 1 rings (SSSR count). The Labute approximate surface area is 50.3 Å². The predicted molar refractivity (Wildman–Crippen MR) is 33.7 cm³/mol. The van der Waals surface area contributed by atoms with Crippen molar-refractivity contribution < 1.29 is 4.74 Å². The van der Waals surface area contributed by atoms with Gasteiger partial charge in [0.05, 0.1) is 6.61 Å². The molecule has 0 aliphatic carbocycles. The Morgan fingerprint density at radius 1 is 1.62 bits per heavy atom. The Kier molecular flexibility index (Phi) is 2.10. The highest BCUT2D eigenvalue weighted by Gasteiger charge is 2.10. The zero-order chi connectivity index (χ0) is 5.82. The van der Waals surface area contributed by atoms with Gasteiger partial charge < -0.3 is 4.74 Å². The number of hydrogen-bond acceptors (Lipinski definition) is 1. The van der Waals surface area contributed by atoms with Gasteiger partial charge in [0.1, 0.15) is 0 Å². The third-order valence-electron chi connectivity index (χ3n) is 1.43. The van der Waals surface area contributed by atoms with E-state index >= 15 is 0 Å². The fourth-order valence-electron chi connectivity index (χ4n) is 0.977. The van der Waals surface area contributed by atoms with Gasteiger partial charge in [0.25, 0.3) is 0 Å². The average Bonchev–Trinajstić information content (AvgIpc) is 2.19. The monoisotopic (exact) mass is 112 g/mol. The summed E-state index contributed by atoms with van der Waals surface area (Å²) in [6.45, 7) is 3.94. The van der Waals surface area contributed by atoms with E-state index in [4.69, 9.17) is 4.74 Å². The van der Waals surface area contributed by atoms with Crippen LogP contribution in [0.15, 0.2) is 12.2 Å². The van der Waals surface area contributed by atoms with Gasteiger partial charge in [-0.2, -0.15) is 0 Å². The maximum atomic E-state index is 5.16. The summed E-state index contributed by atoms with van der Waals surface area (Å²) >= 11 is 0. The summed E-state index contributed by atoms with van der Waals surface area (Å²) in [5.74, 6) is 0.708. The van der Waals surface area contributed by atoms with Crippen LogP contribution in [0.1, 0.15) is 13.3 Å². The molecule has 0 aromatic rings. The zero-order valence-electron chi connectivity index (χ0n) is 5.26. The van der Waals surface area contributed by atoms with E-state index < -0.39 is 0 Å². The molecular weight excluding hydrogens is 100 g/mol. The molecule has 1 aliphatic heterocycles. The maximum absolute atomic E-state index is 5.16. The molecule has 0 aromatic carbocycles. The van der Waals surface area contributed by atoms with Gasteiger partial charge in [0.15, 0.2) is 0 Å². The maximum Gasteiger partial charge on any atom is 0.0529 e. The first-order chi connectivity index (χ1) is 3.93. The summed E-state index contributed by atoms with van der Waals surface area (Å²) < 4.78 is 5.16. The van der Waals surface area contributed by atoms with E-state index in [9.17, 15) is 0 Å². The molecule has 1 heteroatoms. The summed E-state index contributed by atoms with van der Waals surface area (Å²) in [7, 11) is 0. The molecule has 1 nitrogen and oxygen atoms in total. The molecular formula is C7H12O. The van der Waals surface area contributed by atoms with Gasteiger partial charge in [-0.1, -0.05) is 12.2 Å². The van der Waals surface area contributed by atoms with E-state index in [1.165, 1.54) is 6.42 Å². The normalized spacial score (nSPS) is 29.9. The molecule has 1 heterocycles. The molecule has 0 amide bonds. The molecule has 0 radical (unpaired) electrons. The van der Waals surface area contributed by atoms with Gasteiger partial charge in [-0.3, -0.25) is 0 Å². The Bertz CT molecular complexity index is 80.4. The fourth-order valence-corrected chi connectivity index (χ4v) is 0.977. The second-order valence-electron chi connectivity index (χ2n) is 2.15. The molecule has 8 heavy (non-hydrogen) atoms. The first-order valence-corrected chi connectivity index (χ1v) is 3.14. The quantitative estimate of drug-likeness (QED) is 0.468. The minimum absolute atomic E-state index is 0.708. The highest BCUT2D eigenvalue weighted by Crippen LogP contribution is 2.12. The summed E-state index contributed by atoms with van der Waals surface area (Å²) in [5, 5.41) is 0. The highest BCUT2D eigenvalue weighted by atomic mass is 16.5. The lowest BCUT2D eigenvalue weighted by atomic mass is 10.1. The van der Waals surface area contributed by atoms with Crippen molar-refractivity contribution >= 4 is 0 Å². The SMILES string of the molecule is C/C=C/C1CCOC1. The molecule has 1 saturated heterocycles. The van der Waals surface area contributed by atoms with E-state index in [1.807, 2.05) is 0 Å². The summed E-state index contributed by atoms with van der Waals surface area (Å²) in [4.78, 5) is 0. The van der Waals surface area contributed by atoms with Crippen LogP contribution in [-0.2, 0) is 4.74 Å². The van der Waals surface area contributed by atoms with Crippen molar-refractivity contribution in [1.82, 2.24) is 0 Å². The van der Waals surface area contributed by atoms with E-state index in [-0.39, 0.29) is 0 Å². The summed E-state index contributed by atoms with van der Waals surface area (Å²) in [6.07, 6.45) is 5.52. The van der Waals surface area contributed by atoms with E-state index in [0.717, 1.165) is 13.2 Å². The van der Waals surface area contributed by atoms with Gasteiger partial charge in [-0.05, 0) is 13.3 Å². The predicted octanol–water partition coefficient (Wildman–Crippen LogP) is 1.60. The Morgan fingerprint density at radius 3 is 3.00 bits per heavy atom.